The van der Waals surface area contributed by atoms with Crippen molar-refractivity contribution in [2.75, 3.05) is 0 Å². The van der Waals surface area contributed by atoms with Crippen LogP contribution in [0.1, 0.15) is 13.8 Å². The Bertz CT molecular complexity index is 2110. The number of fused-ring (bicyclic) bond motifs is 6. The molecule has 0 unspecified atom stereocenters. The van der Waals surface area contributed by atoms with Crippen molar-refractivity contribution >= 4 is 59.0 Å². The quantitative estimate of drug-likeness (QED) is 0.0645. The van der Waals surface area contributed by atoms with Crippen LogP contribution in [-0.4, -0.2) is 10.9 Å². The fourth-order valence-electron chi connectivity index (χ4n) is 5.41. The van der Waals surface area contributed by atoms with E-state index < -0.39 is 0 Å². The summed E-state index contributed by atoms with van der Waals surface area (Å²) >= 11 is 1.83. The van der Waals surface area contributed by atoms with Gasteiger partial charge >= 0.3 is 0 Å². The molecule has 0 spiro atoms. The first-order valence-corrected chi connectivity index (χ1v) is 14.2. The molecule has 2 heterocycles. The molecular weight excluding hydrogens is 715 g/mol. The van der Waals surface area contributed by atoms with Crippen molar-refractivity contribution in [1.29, 1.82) is 0 Å². The minimum Gasteiger partial charge on any atom is -0.512 e. The summed E-state index contributed by atoms with van der Waals surface area (Å²) in [7, 11) is 4.53. The molecule has 0 atom stereocenters. The summed E-state index contributed by atoms with van der Waals surface area (Å²) in [5.74, 6) is -0.0625. The molecule has 0 amide bonds. The van der Waals surface area contributed by atoms with E-state index in [1.54, 1.807) is 0 Å². The Hall–Kier alpha value is -4.28. The summed E-state index contributed by atoms with van der Waals surface area (Å²) in [6.45, 7) is 2.85. The van der Waals surface area contributed by atoms with Gasteiger partial charge in [0.2, 0.25) is 0 Å². The van der Waals surface area contributed by atoms with Crippen molar-refractivity contribution in [1.82, 2.24) is 0 Å². The Morgan fingerprint density at radius 1 is 0.857 bits per heavy atom. The van der Waals surface area contributed by atoms with Crippen LogP contribution in [0.15, 0.2) is 121 Å². The Labute approximate surface area is 262 Å². The maximum absolute atomic E-state index is 10.0. The molecule has 209 valence electrons. The summed E-state index contributed by atoms with van der Waals surface area (Å²) in [6.07, 6.45) is 1.17. The first kappa shape index (κ1) is 29.2. The van der Waals surface area contributed by atoms with E-state index in [0.717, 1.165) is 16.8 Å². The smallest absolute Gasteiger partial charge is 0.155 e. The number of rotatable bonds is 3. The third kappa shape index (κ3) is 5.47. The topological polar surface area (TPSA) is 41.2 Å². The van der Waals surface area contributed by atoms with Crippen LogP contribution in [0.3, 0.4) is 0 Å². The molecule has 0 bridgehead atoms. The summed E-state index contributed by atoms with van der Waals surface area (Å²) in [5, 5.41) is 14.6. The van der Waals surface area contributed by atoms with Crippen LogP contribution >= 0.6 is 11.3 Å². The molecule has 0 fully saturated rings. The largest absolute Gasteiger partial charge is 0.512 e. The molecule has 7 rings (SSSR count). The number of carbonyl (C=O) groups is 1. The molecule has 5 aromatic carbocycles. The number of pyridine rings is 1. The summed E-state index contributed by atoms with van der Waals surface area (Å²) in [6, 6.07) is 42.4. The van der Waals surface area contributed by atoms with Gasteiger partial charge in [-0.25, -0.2) is 0 Å². The van der Waals surface area contributed by atoms with Gasteiger partial charge in [-0.05, 0) is 64.0 Å². The average Bonchev–Trinajstić information content (AvgIpc) is 3.36. The predicted molar refractivity (Wildman–Crippen MR) is 172 cm³/mol. The van der Waals surface area contributed by atoms with E-state index in [1.165, 1.54) is 67.4 Å². The molecule has 5 heteroatoms. The zero-order valence-electron chi connectivity index (χ0n) is 23.2. The monoisotopic (exact) mass is 743 g/mol. The minimum atomic E-state index is -0.125. The maximum Gasteiger partial charge on any atom is 0.155 e. The summed E-state index contributed by atoms with van der Waals surface area (Å²) in [5.41, 5.74) is 5.70. The standard InChI is InChI=1S/C32H20NS.C5H8O2.Ir/c1-33-28-19-18-22-12-5-6-13-23(22)31(28)27(21-10-3-2-4-11-21)20-29(33)26-16-9-15-25-24-14-7-8-17-30(24)34-32(25)26;1-4(6)3-5(2)7;/h2-15,17-20H,1H2;3,6H,1-2H3;/q-1;;/b;4-3-;. The van der Waals surface area contributed by atoms with Gasteiger partial charge in [0.15, 0.2) is 5.78 Å². The molecule has 3 nitrogen and oxygen atoms in total. The number of nitrogens with zero attached hydrogens (tertiary/aromatic N) is 1. The second-order valence-corrected chi connectivity index (χ2v) is 11.1. The molecule has 1 radical (unpaired) electrons. The number of hydrogen-bond acceptors (Lipinski definition) is 3. The molecule has 0 aliphatic carbocycles. The number of aromatic nitrogens is 1. The zero-order chi connectivity index (χ0) is 28.5. The van der Waals surface area contributed by atoms with Crippen molar-refractivity contribution in [2.24, 2.45) is 0 Å². The predicted octanol–water partition coefficient (Wildman–Crippen LogP) is 9.46. The van der Waals surface area contributed by atoms with Crippen LogP contribution in [0.25, 0.3) is 64.2 Å². The summed E-state index contributed by atoms with van der Waals surface area (Å²) in [4.78, 5) is 10.0. The van der Waals surface area contributed by atoms with E-state index in [4.69, 9.17) is 5.11 Å². The molecule has 2 aromatic heterocycles. The second-order valence-electron chi connectivity index (χ2n) is 10.0. The van der Waals surface area contributed by atoms with Crippen molar-refractivity contribution in [3.05, 3.63) is 134 Å². The van der Waals surface area contributed by atoms with Gasteiger partial charge < -0.3 is 9.67 Å². The van der Waals surface area contributed by atoms with E-state index in [1.807, 2.05) is 17.4 Å². The number of allylic oxidation sites excluding steroid dienone is 2. The van der Waals surface area contributed by atoms with E-state index in [-0.39, 0.29) is 31.6 Å². The van der Waals surface area contributed by atoms with Crippen molar-refractivity contribution in [3.63, 3.8) is 0 Å². The fourth-order valence-corrected chi connectivity index (χ4v) is 6.62. The Balaban J connectivity index is 0.000000396. The van der Waals surface area contributed by atoms with Gasteiger partial charge in [0.25, 0.3) is 0 Å². The van der Waals surface area contributed by atoms with Gasteiger partial charge in [0.1, 0.15) is 11.2 Å². The third-order valence-electron chi connectivity index (χ3n) is 7.13. The molecule has 7 aromatic rings. The third-order valence-corrected chi connectivity index (χ3v) is 8.33. The van der Waals surface area contributed by atoms with Crippen molar-refractivity contribution in [2.45, 2.75) is 13.8 Å². The number of aliphatic hydroxyl groups is 1. The summed E-state index contributed by atoms with van der Waals surface area (Å²) < 4.78 is 4.63. The van der Waals surface area contributed by atoms with Gasteiger partial charge in [-0.2, -0.15) is 11.3 Å². The number of hydrogen-bond donors (Lipinski definition) is 1. The normalized spacial score (nSPS) is 11.3. The van der Waals surface area contributed by atoms with Gasteiger partial charge in [-0.15, -0.1) is 18.2 Å². The minimum absolute atomic E-state index is 0. The molecule has 0 saturated carbocycles. The van der Waals surface area contributed by atoms with Gasteiger partial charge in [0.05, 0.1) is 5.76 Å². The number of aliphatic hydroxyl groups excluding tert-OH is 1. The molecule has 0 aliphatic heterocycles. The Morgan fingerprint density at radius 2 is 1.55 bits per heavy atom. The van der Waals surface area contributed by atoms with Gasteiger partial charge in [-0.3, -0.25) is 4.79 Å². The van der Waals surface area contributed by atoms with Gasteiger partial charge in [-0.1, -0.05) is 89.8 Å². The second kappa shape index (κ2) is 12.3. The van der Waals surface area contributed by atoms with E-state index in [9.17, 15) is 4.79 Å². The Kier molecular flexibility index (Phi) is 8.56. The molecule has 1 N–H and O–H groups in total. The van der Waals surface area contributed by atoms with Crippen LogP contribution in [0.4, 0.5) is 0 Å². The zero-order valence-corrected chi connectivity index (χ0v) is 26.4. The van der Waals surface area contributed by atoms with Crippen LogP contribution in [-0.2, 0) is 24.9 Å². The number of ketones is 1. The Morgan fingerprint density at radius 3 is 2.26 bits per heavy atom. The number of benzene rings is 5. The van der Waals surface area contributed by atoms with Crippen molar-refractivity contribution in [3.8, 4) is 22.4 Å². The van der Waals surface area contributed by atoms with E-state index in [0.29, 0.717) is 0 Å². The molecular formula is C37H28IrNO2S-. The molecule has 42 heavy (non-hydrogen) atoms. The van der Waals surface area contributed by atoms with Crippen LogP contribution in [0, 0.1) is 13.1 Å². The first-order chi connectivity index (χ1) is 19.9. The first-order valence-electron chi connectivity index (χ1n) is 13.4. The van der Waals surface area contributed by atoms with Crippen LogP contribution < -0.4 is 4.57 Å². The average molecular weight is 743 g/mol. The van der Waals surface area contributed by atoms with Gasteiger partial charge in [0, 0.05) is 43.3 Å². The van der Waals surface area contributed by atoms with Crippen LogP contribution in [0.5, 0.6) is 0 Å². The number of carbonyl (C=O) groups excluding carboxylic acids is 1. The number of thiophene rings is 1. The maximum atomic E-state index is 10.0. The SMILES string of the molecule is CC(=O)/C=C(/C)O.[CH2-][n+]1c(-c2[c-]ccc3c2sc2ccccc23)cc(-c2ccccc2)c2c3ccccc3ccc21.[Ir]. The van der Waals surface area contributed by atoms with Crippen LogP contribution in [0.2, 0.25) is 0 Å². The molecule has 0 saturated heterocycles. The fraction of sp³-hybridized carbons (Fsp3) is 0.0541. The van der Waals surface area contributed by atoms with Crippen molar-refractivity contribution < 1.29 is 34.6 Å². The van der Waals surface area contributed by atoms with E-state index >= 15 is 0 Å². The molecule has 0 aliphatic rings. The van der Waals surface area contributed by atoms with E-state index in [2.05, 4.69) is 121 Å².